The number of hydrogen-bond donors (Lipinski definition) is 2. The number of hydrogen-bond acceptors (Lipinski definition) is 5. The van der Waals surface area contributed by atoms with Crippen LogP contribution in [0.25, 0.3) is 11.0 Å². The summed E-state index contributed by atoms with van der Waals surface area (Å²) in [5, 5.41) is 10.8. The molecule has 0 spiro atoms. The molecule has 0 unspecified atom stereocenters. The Hall–Kier alpha value is -3.03. The van der Waals surface area contributed by atoms with Crippen molar-refractivity contribution < 1.29 is 4.79 Å². The summed E-state index contributed by atoms with van der Waals surface area (Å²) in [6.07, 6.45) is 7.59. The summed E-state index contributed by atoms with van der Waals surface area (Å²) >= 11 is 0. The predicted molar refractivity (Wildman–Crippen MR) is 95.7 cm³/mol. The lowest BCUT2D eigenvalue weighted by atomic mass is 9.95. The van der Waals surface area contributed by atoms with Crippen LogP contribution in [0, 0.1) is 0 Å². The first-order valence-electron chi connectivity index (χ1n) is 8.88. The molecule has 1 aliphatic rings. The van der Waals surface area contributed by atoms with Crippen LogP contribution in [-0.4, -0.2) is 30.6 Å². The Kier molecular flexibility index (Phi) is 4.47. The van der Waals surface area contributed by atoms with Crippen molar-refractivity contribution in [2.75, 3.05) is 0 Å². The van der Waals surface area contributed by atoms with Crippen molar-refractivity contribution in [3.63, 3.8) is 0 Å². The van der Waals surface area contributed by atoms with E-state index in [9.17, 15) is 9.59 Å². The van der Waals surface area contributed by atoms with Gasteiger partial charge in [0.1, 0.15) is 6.33 Å². The van der Waals surface area contributed by atoms with Gasteiger partial charge in [0.25, 0.3) is 11.5 Å². The van der Waals surface area contributed by atoms with Crippen molar-refractivity contribution in [3.05, 3.63) is 52.5 Å². The zero-order chi connectivity index (χ0) is 17.9. The number of aromatic nitrogens is 5. The van der Waals surface area contributed by atoms with E-state index in [1.807, 2.05) is 10.6 Å². The zero-order valence-corrected chi connectivity index (χ0v) is 14.3. The van der Waals surface area contributed by atoms with E-state index in [2.05, 4.69) is 25.5 Å². The second kappa shape index (κ2) is 7.07. The highest BCUT2D eigenvalue weighted by atomic mass is 16.2. The molecule has 0 bridgehead atoms. The Bertz CT molecular complexity index is 987. The van der Waals surface area contributed by atoms with Crippen LogP contribution in [0.1, 0.15) is 54.5 Å². The number of H-pyrrole nitrogens is 1. The zero-order valence-electron chi connectivity index (χ0n) is 14.3. The van der Waals surface area contributed by atoms with Crippen LogP contribution in [0.3, 0.4) is 0 Å². The molecular weight excluding hydrogens is 332 g/mol. The molecule has 1 fully saturated rings. The summed E-state index contributed by atoms with van der Waals surface area (Å²) < 4.78 is 2.04. The van der Waals surface area contributed by atoms with E-state index in [4.69, 9.17) is 0 Å². The summed E-state index contributed by atoms with van der Waals surface area (Å²) in [5.41, 5.74) is 0.524. The first kappa shape index (κ1) is 16.4. The second-order valence-electron chi connectivity index (χ2n) is 6.56. The van der Waals surface area contributed by atoms with E-state index in [0.29, 0.717) is 22.9 Å². The van der Waals surface area contributed by atoms with Crippen molar-refractivity contribution in [2.45, 2.75) is 44.7 Å². The van der Waals surface area contributed by atoms with E-state index < -0.39 is 11.5 Å². The van der Waals surface area contributed by atoms with Gasteiger partial charge in [-0.3, -0.25) is 9.59 Å². The Morgan fingerprint density at radius 1 is 1.23 bits per heavy atom. The lowest BCUT2D eigenvalue weighted by Gasteiger charge is -2.23. The number of nitrogens with zero attached hydrogens (tertiary/aromatic N) is 4. The molecule has 4 rings (SSSR count). The molecule has 26 heavy (non-hydrogen) atoms. The van der Waals surface area contributed by atoms with E-state index in [1.54, 1.807) is 24.5 Å². The van der Waals surface area contributed by atoms with Crippen molar-refractivity contribution in [1.82, 2.24) is 30.0 Å². The number of nitrogens with one attached hydrogen (secondary N) is 2. The van der Waals surface area contributed by atoms with E-state index in [0.717, 1.165) is 12.8 Å². The smallest absolute Gasteiger partial charge is 0.280 e. The van der Waals surface area contributed by atoms with Gasteiger partial charge in [-0.25, -0.2) is 4.98 Å². The Labute approximate surface area is 149 Å². The molecular formula is C18H20N6O2. The van der Waals surface area contributed by atoms with Gasteiger partial charge in [0, 0.05) is 6.04 Å². The fourth-order valence-corrected chi connectivity index (χ4v) is 3.48. The van der Waals surface area contributed by atoms with Gasteiger partial charge in [0.05, 0.1) is 17.6 Å². The lowest BCUT2D eigenvalue weighted by molar-refractivity contribution is 0.0942. The third-order valence-corrected chi connectivity index (χ3v) is 4.84. The number of aromatic amines is 1. The second-order valence-corrected chi connectivity index (χ2v) is 6.56. The van der Waals surface area contributed by atoms with Gasteiger partial charge in [-0.05, 0) is 25.0 Å². The molecule has 1 aliphatic carbocycles. The van der Waals surface area contributed by atoms with Gasteiger partial charge in [-0.2, -0.15) is 0 Å². The van der Waals surface area contributed by atoms with Gasteiger partial charge in [-0.1, -0.05) is 31.4 Å². The van der Waals surface area contributed by atoms with Crippen LogP contribution in [0.15, 0.2) is 35.4 Å². The summed E-state index contributed by atoms with van der Waals surface area (Å²) in [5.74, 6) is 0.178. The Morgan fingerprint density at radius 3 is 2.88 bits per heavy atom. The van der Waals surface area contributed by atoms with Gasteiger partial charge >= 0.3 is 0 Å². The molecule has 0 aliphatic heterocycles. The molecule has 134 valence electrons. The topological polar surface area (TPSA) is 106 Å². The summed E-state index contributed by atoms with van der Waals surface area (Å²) in [6.45, 7) is 0.212. The Morgan fingerprint density at radius 2 is 2.04 bits per heavy atom. The summed E-state index contributed by atoms with van der Waals surface area (Å²) in [4.78, 5) is 31.5. The molecule has 1 aromatic carbocycles. The van der Waals surface area contributed by atoms with Crippen LogP contribution >= 0.6 is 0 Å². The average molecular weight is 352 g/mol. The fraction of sp³-hybridized carbons (Fsp3) is 0.389. The summed E-state index contributed by atoms with van der Waals surface area (Å²) in [7, 11) is 0. The van der Waals surface area contributed by atoms with Crippen LogP contribution < -0.4 is 10.9 Å². The van der Waals surface area contributed by atoms with Crippen molar-refractivity contribution in [2.24, 2.45) is 0 Å². The van der Waals surface area contributed by atoms with Crippen LogP contribution in [-0.2, 0) is 6.54 Å². The molecule has 1 amide bonds. The van der Waals surface area contributed by atoms with Crippen molar-refractivity contribution >= 4 is 16.9 Å². The molecule has 0 atom stereocenters. The molecule has 0 saturated heterocycles. The van der Waals surface area contributed by atoms with Gasteiger partial charge < -0.3 is 14.9 Å². The maximum atomic E-state index is 12.4. The first-order valence-corrected chi connectivity index (χ1v) is 8.88. The summed E-state index contributed by atoms with van der Waals surface area (Å²) in [6, 6.07) is 7.49. The van der Waals surface area contributed by atoms with E-state index in [1.165, 1.54) is 19.3 Å². The molecule has 8 nitrogen and oxygen atoms in total. The van der Waals surface area contributed by atoms with Gasteiger partial charge in [0.2, 0.25) is 0 Å². The standard InChI is InChI=1S/C18H20N6O2/c25-17(16-18(26)22-14-9-5-4-8-13(14)21-16)19-10-15-23-20-11-24(15)12-6-2-1-3-7-12/h4-5,8-9,11-12H,1-3,6-7,10H2,(H,19,25)(H,22,26). The number of fused-ring (bicyclic) bond motifs is 1. The minimum absolute atomic E-state index is 0.146. The maximum Gasteiger partial charge on any atom is 0.280 e. The fourth-order valence-electron chi connectivity index (χ4n) is 3.48. The Balaban J connectivity index is 1.50. The van der Waals surface area contributed by atoms with E-state index >= 15 is 0 Å². The van der Waals surface area contributed by atoms with Crippen LogP contribution in [0.2, 0.25) is 0 Å². The largest absolute Gasteiger partial charge is 0.343 e. The molecule has 0 radical (unpaired) electrons. The number of benzene rings is 1. The highest BCUT2D eigenvalue weighted by molar-refractivity contribution is 5.93. The van der Waals surface area contributed by atoms with E-state index in [-0.39, 0.29) is 12.2 Å². The quantitative estimate of drug-likeness (QED) is 0.746. The molecule has 2 aromatic heterocycles. The highest BCUT2D eigenvalue weighted by Crippen LogP contribution is 2.28. The number of rotatable bonds is 4. The lowest BCUT2D eigenvalue weighted by Crippen LogP contribution is -2.32. The minimum atomic E-state index is -0.518. The van der Waals surface area contributed by atoms with Crippen molar-refractivity contribution in [1.29, 1.82) is 0 Å². The first-order chi connectivity index (χ1) is 12.7. The maximum absolute atomic E-state index is 12.4. The van der Waals surface area contributed by atoms with Crippen molar-refractivity contribution in [3.8, 4) is 0 Å². The molecule has 8 heteroatoms. The number of carbonyl (C=O) groups is 1. The van der Waals surface area contributed by atoms with Crippen LogP contribution in [0.5, 0.6) is 0 Å². The van der Waals surface area contributed by atoms with Crippen LogP contribution in [0.4, 0.5) is 0 Å². The normalized spacial score (nSPS) is 15.2. The van der Waals surface area contributed by atoms with Gasteiger partial charge in [-0.15, -0.1) is 10.2 Å². The number of carbonyl (C=O) groups excluding carboxylic acids is 1. The average Bonchev–Trinajstić information content (AvgIpc) is 3.15. The third-order valence-electron chi connectivity index (χ3n) is 4.84. The molecule has 2 N–H and O–H groups in total. The molecule has 3 aromatic rings. The monoisotopic (exact) mass is 352 g/mol. The molecule has 2 heterocycles. The SMILES string of the molecule is O=C(NCc1nncn1C1CCCCC1)c1nc2ccccc2[nH]c1=O. The molecule has 1 saturated carbocycles. The van der Waals surface area contributed by atoms with Gasteiger partial charge in [0.15, 0.2) is 11.5 Å². The minimum Gasteiger partial charge on any atom is -0.343 e. The number of amides is 1. The highest BCUT2D eigenvalue weighted by Gasteiger charge is 2.20. The third kappa shape index (κ3) is 3.22. The predicted octanol–water partition coefficient (Wildman–Crippen LogP) is 1.95. The number of para-hydroxylation sites is 2.